The van der Waals surface area contributed by atoms with E-state index in [0.717, 1.165) is 17.7 Å². The van der Waals surface area contributed by atoms with Crippen LogP contribution in [0.25, 0.3) is 11.3 Å². The monoisotopic (exact) mass is 511 g/mol. The van der Waals surface area contributed by atoms with Crippen molar-refractivity contribution in [3.8, 4) is 23.0 Å². The van der Waals surface area contributed by atoms with Crippen molar-refractivity contribution in [2.75, 3.05) is 13.2 Å². The predicted molar refractivity (Wildman–Crippen MR) is 138 cm³/mol. The Morgan fingerprint density at radius 1 is 0.943 bits per heavy atom. The molecule has 5 N–H and O–H groups in total. The number of aromatic nitrogens is 2. The van der Waals surface area contributed by atoms with Crippen molar-refractivity contribution in [1.82, 2.24) is 16.1 Å². The van der Waals surface area contributed by atoms with Crippen LogP contribution in [0.15, 0.2) is 36.5 Å². The van der Waals surface area contributed by atoms with E-state index in [9.17, 15) is 4.57 Å². The molecule has 0 aliphatic heterocycles. The van der Waals surface area contributed by atoms with Crippen LogP contribution in [0.1, 0.15) is 78.6 Å². The fourth-order valence-corrected chi connectivity index (χ4v) is 4.20. The average Bonchev–Trinajstić information content (AvgIpc) is 2.78. The van der Waals surface area contributed by atoms with Gasteiger partial charge in [-0.15, -0.1) is 0 Å². The lowest BCUT2D eigenvalue weighted by Crippen LogP contribution is -2.31. The zero-order valence-electron chi connectivity index (χ0n) is 21.3. The first-order valence-corrected chi connectivity index (χ1v) is 13.7. The molecule has 1 aromatic carbocycles. The molecule has 1 heterocycles. The maximum absolute atomic E-state index is 11.1. The lowest BCUT2D eigenvalue weighted by atomic mass is 10.1. The summed E-state index contributed by atoms with van der Waals surface area (Å²) in [5.74, 6) is 0.786. The fourth-order valence-electron chi connectivity index (χ4n) is 3.51. The first-order valence-electron chi connectivity index (χ1n) is 12.1. The molecular formula is C25H42N3O6P. The van der Waals surface area contributed by atoms with Crippen molar-refractivity contribution < 1.29 is 28.3 Å². The highest BCUT2D eigenvalue weighted by atomic mass is 31.2. The van der Waals surface area contributed by atoms with E-state index >= 15 is 0 Å². The maximum Gasteiger partial charge on any atom is 0.470 e. The van der Waals surface area contributed by atoms with Crippen molar-refractivity contribution in [3.05, 3.63) is 36.5 Å². The molecule has 0 atom stereocenters. The Hall–Kier alpha value is -2.03. The highest BCUT2D eigenvalue weighted by molar-refractivity contribution is 7.46. The molecule has 9 nitrogen and oxygen atoms in total. The molecule has 0 spiro atoms. The molecule has 0 aliphatic rings. The van der Waals surface area contributed by atoms with Gasteiger partial charge < -0.3 is 25.4 Å². The molecule has 2 aromatic rings. The van der Waals surface area contributed by atoms with Crippen LogP contribution < -0.4 is 15.6 Å². The predicted octanol–water partition coefficient (Wildman–Crippen LogP) is 6.48. The van der Waals surface area contributed by atoms with Crippen molar-refractivity contribution in [1.29, 1.82) is 0 Å². The number of benzene rings is 1. The highest BCUT2D eigenvalue weighted by Crippen LogP contribution is 2.41. The fraction of sp³-hybridized carbons (Fsp3) is 0.600. The number of hydrogen-bond acceptors (Lipinski definition) is 7. The van der Waals surface area contributed by atoms with E-state index in [-0.39, 0.29) is 18.8 Å². The number of rotatable bonds is 17. The van der Waals surface area contributed by atoms with E-state index in [2.05, 4.69) is 16.9 Å². The van der Waals surface area contributed by atoms with Crippen LogP contribution in [0.5, 0.6) is 11.8 Å². The maximum atomic E-state index is 11.1. The van der Waals surface area contributed by atoms with E-state index in [1.165, 1.54) is 65.2 Å². The number of unbranched alkanes of at least 4 members (excludes halogenated alkanes) is 8. The summed E-state index contributed by atoms with van der Waals surface area (Å²) >= 11 is 0. The molecule has 0 saturated carbocycles. The van der Waals surface area contributed by atoms with Crippen molar-refractivity contribution in [2.45, 2.75) is 84.2 Å². The molecule has 0 unspecified atom stereocenters. The summed E-state index contributed by atoms with van der Waals surface area (Å²) in [5, 5.41) is 0. The third-order valence-electron chi connectivity index (χ3n) is 5.19. The van der Waals surface area contributed by atoms with Gasteiger partial charge in [0.1, 0.15) is 18.0 Å². The number of phosphoric ester groups is 1. The van der Waals surface area contributed by atoms with Gasteiger partial charge in [-0.25, -0.2) is 9.55 Å². The van der Waals surface area contributed by atoms with Gasteiger partial charge in [0, 0.05) is 11.8 Å². The molecule has 1 aromatic heterocycles. The molecule has 2 rings (SSSR count). The lowest BCUT2D eigenvalue weighted by Gasteiger charge is -2.24. The molecule has 0 bridgehead atoms. The first-order chi connectivity index (χ1) is 16.2. The zero-order valence-corrected chi connectivity index (χ0v) is 22.2. The molecule has 0 saturated heterocycles. The number of ether oxygens (including phenoxy) is 2. The van der Waals surface area contributed by atoms with E-state index in [4.69, 9.17) is 23.8 Å². The minimum absolute atomic E-state index is 0. The summed E-state index contributed by atoms with van der Waals surface area (Å²) in [4.78, 5) is 26.5. The summed E-state index contributed by atoms with van der Waals surface area (Å²) in [6.07, 6.45) is 13.0. The van der Waals surface area contributed by atoms with Gasteiger partial charge in [0.05, 0.1) is 12.3 Å². The van der Waals surface area contributed by atoms with Crippen molar-refractivity contribution in [2.24, 2.45) is 0 Å². The van der Waals surface area contributed by atoms with Crippen LogP contribution in [0.3, 0.4) is 0 Å². The lowest BCUT2D eigenvalue weighted by molar-refractivity contribution is 0.0211. The van der Waals surface area contributed by atoms with Gasteiger partial charge >= 0.3 is 13.8 Å². The molecule has 10 heteroatoms. The van der Waals surface area contributed by atoms with Crippen LogP contribution in [-0.2, 0) is 9.09 Å². The summed E-state index contributed by atoms with van der Waals surface area (Å²) < 4.78 is 27.3. The number of nitrogens with zero attached hydrogens (tertiary/aromatic N) is 2. The van der Waals surface area contributed by atoms with Gasteiger partial charge in [-0.2, -0.15) is 4.98 Å². The van der Waals surface area contributed by atoms with Crippen LogP contribution in [-0.4, -0.2) is 38.6 Å². The molecule has 0 amide bonds. The van der Waals surface area contributed by atoms with Gasteiger partial charge in [0.15, 0.2) is 0 Å². The third kappa shape index (κ3) is 13.6. The van der Waals surface area contributed by atoms with Crippen LogP contribution in [0.4, 0.5) is 0 Å². The Morgan fingerprint density at radius 2 is 1.60 bits per heavy atom. The number of phosphoric acid groups is 1. The largest absolute Gasteiger partial charge is 0.494 e. The second-order valence-electron chi connectivity index (χ2n) is 9.06. The average molecular weight is 512 g/mol. The topological polar surface area (TPSA) is 146 Å². The second-order valence-corrected chi connectivity index (χ2v) is 10.2. The van der Waals surface area contributed by atoms with Crippen molar-refractivity contribution >= 4 is 7.82 Å². The smallest absolute Gasteiger partial charge is 0.470 e. The summed E-state index contributed by atoms with van der Waals surface area (Å²) in [7, 11) is -4.63. The van der Waals surface area contributed by atoms with Gasteiger partial charge in [0.25, 0.3) is 0 Å². The first kappa shape index (κ1) is 31.0. The quantitative estimate of drug-likeness (QED) is 0.160. The molecule has 35 heavy (non-hydrogen) atoms. The highest BCUT2D eigenvalue weighted by Gasteiger charge is 2.30. The minimum atomic E-state index is -4.63. The molecular weight excluding hydrogens is 469 g/mol. The third-order valence-corrected chi connectivity index (χ3v) is 5.93. The van der Waals surface area contributed by atoms with Gasteiger partial charge in [-0.3, -0.25) is 4.52 Å². The molecule has 0 aliphatic carbocycles. The Bertz CT molecular complexity index is 906. The van der Waals surface area contributed by atoms with Gasteiger partial charge in [-0.05, 0) is 38.5 Å². The zero-order chi connectivity index (χ0) is 24.9. The Labute approximate surface area is 209 Å². The van der Waals surface area contributed by atoms with Crippen LogP contribution in [0, 0.1) is 0 Å². The standard InChI is InChI=1S/C25H39N2O6P.H3N/c1-4-5-6-7-8-9-10-11-12-18-31-22-15-13-14-21(19-22)23-16-17-26-24(27-23)32-20-25(2,3)33-34(28,29)30;/h13-17,19H,4-12,18,20H2,1-3H3,(H2,28,29,30);1H3. The Kier molecular flexibility index (Phi) is 14.0. The second kappa shape index (κ2) is 15.9. The normalized spacial score (nSPS) is 11.7. The molecule has 0 fully saturated rings. The van der Waals surface area contributed by atoms with Crippen molar-refractivity contribution in [3.63, 3.8) is 0 Å². The van der Waals surface area contributed by atoms with Crippen LogP contribution >= 0.6 is 7.82 Å². The summed E-state index contributed by atoms with van der Waals surface area (Å²) in [6, 6.07) is 9.57. The van der Waals surface area contributed by atoms with E-state index in [1.807, 2.05) is 24.3 Å². The van der Waals surface area contributed by atoms with E-state index < -0.39 is 13.4 Å². The van der Waals surface area contributed by atoms with Gasteiger partial charge in [0.2, 0.25) is 0 Å². The Balaban J connectivity index is 0.00000612. The SMILES string of the molecule is CCCCCCCCCCCOc1cccc(-c2ccnc(OCC(C)(C)OP(=O)(O)O)n2)c1.N. The molecule has 0 radical (unpaired) electrons. The molecule has 198 valence electrons. The number of hydrogen-bond donors (Lipinski definition) is 3. The minimum Gasteiger partial charge on any atom is -0.494 e. The Morgan fingerprint density at radius 3 is 2.26 bits per heavy atom. The van der Waals surface area contributed by atoms with E-state index in [0.29, 0.717) is 12.3 Å². The summed E-state index contributed by atoms with van der Waals surface area (Å²) in [6.45, 7) is 5.84. The van der Waals surface area contributed by atoms with E-state index in [1.54, 1.807) is 12.3 Å². The summed E-state index contributed by atoms with van der Waals surface area (Å²) in [5.41, 5.74) is 0.316. The van der Waals surface area contributed by atoms with Crippen LogP contribution in [0.2, 0.25) is 0 Å². The van der Waals surface area contributed by atoms with Gasteiger partial charge in [-0.1, -0.05) is 70.4 Å².